The number of rotatable bonds is 8. The van der Waals surface area contributed by atoms with Gasteiger partial charge in [-0.1, -0.05) is 29.2 Å². The van der Waals surface area contributed by atoms with E-state index in [0.717, 1.165) is 19.4 Å². The van der Waals surface area contributed by atoms with E-state index >= 15 is 0 Å². The zero-order valence-corrected chi connectivity index (χ0v) is 16.2. The molecule has 2 aromatic rings. The number of carbonyl (C=O) groups excluding carboxylic acids is 1. The molecule has 1 fully saturated rings. The number of nitrogens with zero attached hydrogens (tertiary/aromatic N) is 3. The van der Waals surface area contributed by atoms with Crippen molar-refractivity contribution in [1.29, 1.82) is 0 Å². The van der Waals surface area contributed by atoms with Gasteiger partial charge in [-0.05, 0) is 25.8 Å². The summed E-state index contributed by atoms with van der Waals surface area (Å²) in [5.41, 5.74) is 0.317. The minimum absolute atomic E-state index is 0.0702. The lowest BCUT2D eigenvalue weighted by molar-refractivity contribution is -0.384. The molecular weight excluding hydrogens is 390 g/mol. The van der Waals surface area contributed by atoms with Gasteiger partial charge in [-0.3, -0.25) is 14.9 Å². The molecule has 0 aliphatic carbocycles. The second-order valence-electron chi connectivity index (χ2n) is 5.95. The highest BCUT2D eigenvalue weighted by Crippen LogP contribution is 2.30. The number of benzene rings is 1. The summed E-state index contributed by atoms with van der Waals surface area (Å²) in [6.45, 7) is 3.25. The number of hydrogen-bond acceptors (Lipinski definition) is 9. The van der Waals surface area contributed by atoms with Crippen LogP contribution in [-0.2, 0) is 9.53 Å². The molecule has 27 heavy (non-hydrogen) atoms. The van der Waals surface area contributed by atoms with Crippen molar-refractivity contribution in [2.24, 2.45) is 0 Å². The standard InChI is InChI=1S/C16H19N5O4S2/c1-10(14(22)18-11-4-2-5-12(8-11)21(23)24)26-16-20-19-15(27-16)17-9-13-6-3-7-25-13/h2,4-5,8,10,13H,3,6-7,9H2,1H3,(H,17,19)(H,18,22)/t10-,13-/m0/s1. The van der Waals surface area contributed by atoms with E-state index in [2.05, 4.69) is 20.8 Å². The van der Waals surface area contributed by atoms with Crippen LogP contribution in [0.3, 0.4) is 0 Å². The number of aromatic nitrogens is 2. The van der Waals surface area contributed by atoms with E-state index in [0.29, 0.717) is 21.7 Å². The summed E-state index contributed by atoms with van der Waals surface area (Å²) in [6, 6.07) is 5.84. The first-order chi connectivity index (χ1) is 13.0. The van der Waals surface area contributed by atoms with Gasteiger partial charge in [0.1, 0.15) is 0 Å². The maximum absolute atomic E-state index is 12.3. The summed E-state index contributed by atoms with van der Waals surface area (Å²) >= 11 is 2.67. The van der Waals surface area contributed by atoms with Crippen LogP contribution in [0.5, 0.6) is 0 Å². The molecule has 144 valence electrons. The number of amides is 1. The Morgan fingerprint density at radius 2 is 2.37 bits per heavy atom. The summed E-state index contributed by atoms with van der Waals surface area (Å²) in [7, 11) is 0. The summed E-state index contributed by atoms with van der Waals surface area (Å²) in [4.78, 5) is 22.6. The SMILES string of the molecule is C[C@H](Sc1nnc(NC[C@@H]2CCCO2)s1)C(=O)Nc1cccc([N+](=O)[O-])c1. The number of anilines is 2. The van der Waals surface area contributed by atoms with Crippen LogP contribution in [0, 0.1) is 10.1 Å². The summed E-state index contributed by atoms with van der Waals surface area (Å²) in [6.07, 6.45) is 2.34. The first kappa shape index (κ1) is 19.5. The fourth-order valence-electron chi connectivity index (χ4n) is 2.48. The third-order valence-corrected chi connectivity index (χ3v) is 5.95. The van der Waals surface area contributed by atoms with Crippen molar-refractivity contribution in [3.63, 3.8) is 0 Å². The van der Waals surface area contributed by atoms with Gasteiger partial charge in [0.2, 0.25) is 11.0 Å². The van der Waals surface area contributed by atoms with Crippen molar-refractivity contribution in [2.75, 3.05) is 23.8 Å². The Kier molecular flexibility index (Phi) is 6.58. The zero-order chi connectivity index (χ0) is 19.2. The molecule has 1 saturated heterocycles. The Morgan fingerprint density at radius 1 is 1.52 bits per heavy atom. The molecule has 1 aromatic heterocycles. The lowest BCUT2D eigenvalue weighted by atomic mass is 10.2. The van der Waals surface area contributed by atoms with Crippen molar-refractivity contribution in [3.8, 4) is 0 Å². The van der Waals surface area contributed by atoms with Gasteiger partial charge in [0.15, 0.2) is 4.34 Å². The first-order valence-electron chi connectivity index (χ1n) is 8.42. The number of nitro benzene ring substituents is 1. The molecule has 11 heteroatoms. The van der Waals surface area contributed by atoms with Crippen molar-refractivity contribution >= 4 is 45.5 Å². The average molecular weight is 409 g/mol. The lowest BCUT2D eigenvalue weighted by Crippen LogP contribution is -2.22. The molecular formula is C16H19N5O4S2. The van der Waals surface area contributed by atoms with Crippen LogP contribution in [0.2, 0.25) is 0 Å². The number of ether oxygens (including phenoxy) is 1. The fraction of sp³-hybridized carbons (Fsp3) is 0.438. The van der Waals surface area contributed by atoms with E-state index in [1.165, 1.54) is 41.3 Å². The highest BCUT2D eigenvalue weighted by molar-refractivity contribution is 8.02. The molecule has 0 saturated carbocycles. The molecule has 1 aliphatic rings. The Labute approximate surface area is 164 Å². The normalized spacial score (nSPS) is 17.4. The van der Waals surface area contributed by atoms with Crippen molar-refractivity contribution in [1.82, 2.24) is 10.2 Å². The van der Waals surface area contributed by atoms with Gasteiger partial charge in [-0.2, -0.15) is 0 Å². The van der Waals surface area contributed by atoms with Crippen LogP contribution in [0.15, 0.2) is 28.6 Å². The van der Waals surface area contributed by atoms with E-state index in [-0.39, 0.29) is 17.7 Å². The predicted molar refractivity (Wildman–Crippen MR) is 104 cm³/mol. The van der Waals surface area contributed by atoms with Crippen molar-refractivity contribution in [3.05, 3.63) is 34.4 Å². The minimum atomic E-state index is -0.500. The van der Waals surface area contributed by atoms with Crippen LogP contribution in [0.25, 0.3) is 0 Å². The van der Waals surface area contributed by atoms with E-state index < -0.39 is 10.2 Å². The van der Waals surface area contributed by atoms with E-state index in [1.807, 2.05) is 0 Å². The number of hydrogen-bond donors (Lipinski definition) is 2. The number of nitrogens with one attached hydrogen (secondary N) is 2. The maximum Gasteiger partial charge on any atom is 0.271 e. The summed E-state index contributed by atoms with van der Waals surface area (Å²) in [5, 5.41) is 25.1. The molecule has 3 rings (SSSR count). The van der Waals surface area contributed by atoms with E-state index in [1.54, 1.807) is 13.0 Å². The fourth-order valence-corrected chi connectivity index (χ4v) is 4.38. The quantitative estimate of drug-likeness (QED) is 0.388. The van der Waals surface area contributed by atoms with Crippen LogP contribution >= 0.6 is 23.1 Å². The molecule has 1 amide bonds. The van der Waals surface area contributed by atoms with Gasteiger partial charge in [-0.25, -0.2) is 0 Å². The van der Waals surface area contributed by atoms with E-state index in [9.17, 15) is 14.9 Å². The summed E-state index contributed by atoms with van der Waals surface area (Å²) < 4.78 is 6.22. The molecule has 0 bridgehead atoms. The number of thioether (sulfide) groups is 1. The molecule has 2 N–H and O–H groups in total. The third-order valence-electron chi connectivity index (χ3n) is 3.88. The summed E-state index contributed by atoms with van der Waals surface area (Å²) in [5.74, 6) is -0.260. The Balaban J connectivity index is 1.50. The molecule has 1 aliphatic heterocycles. The predicted octanol–water partition coefficient (Wildman–Crippen LogP) is 3.16. The van der Waals surface area contributed by atoms with Crippen LogP contribution in [-0.4, -0.2) is 45.5 Å². The topological polar surface area (TPSA) is 119 Å². The van der Waals surface area contributed by atoms with Gasteiger partial charge in [0.05, 0.1) is 16.3 Å². The smallest absolute Gasteiger partial charge is 0.271 e. The van der Waals surface area contributed by atoms with E-state index in [4.69, 9.17) is 4.74 Å². The highest BCUT2D eigenvalue weighted by atomic mass is 32.2. The monoisotopic (exact) mass is 409 g/mol. The molecule has 0 spiro atoms. The van der Waals surface area contributed by atoms with Crippen LogP contribution in [0.4, 0.5) is 16.5 Å². The van der Waals surface area contributed by atoms with Crippen molar-refractivity contribution < 1.29 is 14.5 Å². The average Bonchev–Trinajstić information content (AvgIpc) is 3.31. The first-order valence-corrected chi connectivity index (χ1v) is 10.1. The van der Waals surface area contributed by atoms with Crippen LogP contribution in [0.1, 0.15) is 19.8 Å². The van der Waals surface area contributed by atoms with Gasteiger partial charge >= 0.3 is 0 Å². The van der Waals surface area contributed by atoms with Gasteiger partial charge in [-0.15, -0.1) is 10.2 Å². The largest absolute Gasteiger partial charge is 0.376 e. The maximum atomic E-state index is 12.3. The second-order valence-corrected chi connectivity index (χ2v) is 8.51. The number of non-ortho nitro benzene ring substituents is 1. The van der Waals surface area contributed by atoms with Gasteiger partial charge in [0, 0.05) is 31.0 Å². The molecule has 9 nitrogen and oxygen atoms in total. The minimum Gasteiger partial charge on any atom is -0.376 e. The Bertz CT molecular complexity index is 810. The number of carbonyl (C=O) groups is 1. The zero-order valence-electron chi connectivity index (χ0n) is 14.6. The Hall–Kier alpha value is -2.24. The van der Waals surface area contributed by atoms with Gasteiger partial charge < -0.3 is 15.4 Å². The second kappa shape index (κ2) is 9.11. The molecule has 2 heterocycles. The van der Waals surface area contributed by atoms with Crippen LogP contribution < -0.4 is 10.6 Å². The molecule has 0 unspecified atom stereocenters. The number of nitro groups is 1. The molecule has 2 atom stereocenters. The molecule has 1 aromatic carbocycles. The lowest BCUT2D eigenvalue weighted by Gasteiger charge is -2.10. The Morgan fingerprint density at radius 3 is 3.11 bits per heavy atom. The van der Waals surface area contributed by atoms with Gasteiger partial charge in [0.25, 0.3) is 5.69 Å². The molecule has 0 radical (unpaired) electrons. The third kappa shape index (κ3) is 5.62. The highest BCUT2D eigenvalue weighted by Gasteiger charge is 2.19. The van der Waals surface area contributed by atoms with Crippen molar-refractivity contribution in [2.45, 2.75) is 35.5 Å².